The maximum atomic E-state index is 5.25. The molecule has 0 amide bonds. The van der Waals surface area contributed by atoms with Crippen molar-refractivity contribution in [3.05, 3.63) is 49.4 Å². The van der Waals surface area contributed by atoms with Crippen molar-refractivity contribution in [2.75, 3.05) is 0 Å². The van der Waals surface area contributed by atoms with Gasteiger partial charge in [0.2, 0.25) is 0 Å². The van der Waals surface area contributed by atoms with Gasteiger partial charge < -0.3 is 4.98 Å². The lowest BCUT2D eigenvalue weighted by Gasteiger charge is -2.07. The topological polar surface area (TPSA) is 28.7 Å². The Morgan fingerprint density at radius 1 is 1.32 bits per heavy atom. The lowest BCUT2D eigenvalue weighted by Crippen LogP contribution is -1.99. The summed E-state index contributed by atoms with van der Waals surface area (Å²) < 4.78 is 2.63. The number of nitrogens with zero attached hydrogens (tertiary/aromatic N) is 1. The van der Waals surface area contributed by atoms with E-state index in [4.69, 9.17) is 12.2 Å². The van der Waals surface area contributed by atoms with Gasteiger partial charge in [-0.2, -0.15) is 0 Å². The Kier molecular flexibility index (Phi) is 5.62. The molecule has 2 nitrogen and oxygen atoms in total. The molecule has 0 aliphatic carbocycles. The van der Waals surface area contributed by atoms with Gasteiger partial charge in [0.1, 0.15) is 10.5 Å². The summed E-state index contributed by atoms with van der Waals surface area (Å²) >= 11 is 14.0. The smallest absolute Gasteiger partial charge is 0.144 e. The molecule has 0 saturated heterocycles. The highest BCUT2D eigenvalue weighted by Crippen LogP contribution is 2.29. The summed E-state index contributed by atoms with van der Waals surface area (Å²) in [7, 11) is 0. The van der Waals surface area contributed by atoms with Gasteiger partial charge in [-0.25, -0.2) is 4.98 Å². The van der Waals surface area contributed by atoms with E-state index < -0.39 is 0 Å². The molecule has 1 heterocycles. The predicted octanol–water partition coefficient (Wildman–Crippen LogP) is 5.52. The summed E-state index contributed by atoms with van der Waals surface area (Å²) in [6.45, 7) is 2.09. The molecule has 0 unspecified atom stereocenters. The van der Waals surface area contributed by atoms with Crippen LogP contribution in [0.15, 0.2) is 38.1 Å². The summed E-state index contributed by atoms with van der Waals surface area (Å²) in [4.78, 5) is 8.93. The average molecular weight is 420 g/mol. The maximum Gasteiger partial charge on any atom is 0.144 e. The third kappa shape index (κ3) is 3.90. The van der Waals surface area contributed by atoms with Crippen molar-refractivity contribution < 1.29 is 0 Å². The first kappa shape index (κ1) is 15.2. The van der Waals surface area contributed by atoms with Gasteiger partial charge in [-0.05, 0) is 50.4 Å². The number of thioether (sulfide) groups is 1. The molecule has 1 aromatic heterocycles. The van der Waals surface area contributed by atoms with Gasteiger partial charge in [-0.15, -0.1) is 11.8 Å². The van der Waals surface area contributed by atoms with E-state index in [1.807, 2.05) is 18.2 Å². The van der Waals surface area contributed by atoms with Gasteiger partial charge >= 0.3 is 0 Å². The van der Waals surface area contributed by atoms with Crippen molar-refractivity contribution in [2.24, 2.45) is 0 Å². The number of halogens is 2. The third-order valence-corrected chi connectivity index (χ3v) is 5.99. The summed E-state index contributed by atoms with van der Waals surface area (Å²) in [5.74, 6) is 1.68. The minimum Gasteiger partial charge on any atom is -0.345 e. The average Bonchev–Trinajstić information content (AvgIpc) is 2.41. The highest BCUT2D eigenvalue weighted by molar-refractivity contribution is 9.10. The Hall–Kier alpha value is -0.170. The van der Waals surface area contributed by atoms with Gasteiger partial charge in [0.05, 0.1) is 10.2 Å². The van der Waals surface area contributed by atoms with Crippen LogP contribution in [0.2, 0.25) is 0 Å². The number of hydrogen-bond acceptors (Lipinski definition) is 3. The van der Waals surface area contributed by atoms with Crippen molar-refractivity contribution in [3.63, 3.8) is 0 Å². The second-order valence-electron chi connectivity index (χ2n) is 3.85. The molecule has 0 fully saturated rings. The lowest BCUT2D eigenvalue weighted by molar-refractivity contribution is 0.920. The Bertz CT molecular complexity index is 641. The molecule has 0 radical (unpaired) electrons. The molecule has 0 aliphatic heterocycles. The highest BCUT2D eigenvalue weighted by Gasteiger charge is 2.06. The molecule has 6 heteroatoms. The molecule has 2 rings (SSSR count). The van der Waals surface area contributed by atoms with E-state index in [1.54, 1.807) is 11.8 Å². The minimum atomic E-state index is 0.623. The summed E-state index contributed by atoms with van der Waals surface area (Å²) in [6.07, 6.45) is 0.902. The van der Waals surface area contributed by atoms with Crippen molar-refractivity contribution in [3.8, 4) is 0 Å². The van der Waals surface area contributed by atoms with Gasteiger partial charge in [-0.3, -0.25) is 0 Å². The van der Waals surface area contributed by atoms with Gasteiger partial charge in [-0.1, -0.05) is 31.3 Å². The summed E-state index contributed by atoms with van der Waals surface area (Å²) in [5.41, 5.74) is 1.10. The number of nitrogens with one attached hydrogen (secondary N) is 1. The van der Waals surface area contributed by atoms with Crippen LogP contribution in [0.1, 0.15) is 18.4 Å². The number of rotatable bonds is 4. The molecule has 1 aromatic carbocycles. The summed E-state index contributed by atoms with van der Waals surface area (Å²) in [5, 5.41) is 0. The molecule has 0 saturated carbocycles. The number of aromatic nitrogens is 2. The van der Waals surface area contributed by atoms with Crippen LogP contribution in [0.25, 0.3) is 0 Å². The maximum absolute atomic E-state index is 5.25. The predicted molar refractivity (Wildman–Crippen MR) is 90.2 cm³/mol. The molecule has 100 valence electrons. The summed E-state index contributed by atoms with van der Waals surface area (Å²) in [6, 6.07) is 8.16. The zero-order valence-corrected chi connectivity index (χ0v) is 15.0. The second-order valence-corrected chi connectivity index (χ2v) is 6.91. The van der Waals surface area contributed by atoms with Crippen molar-refractivity contribution in [1.29, 1.82) is 0 Å². The fourth-order valence-electron chi connectivity index (χ4n) is 1.58. The number of H-pyrrole nitrogens is 1. The largest absolute Gasteiger partial charge is 0.345 e. The third-order valence-electron chi connectivity index (χ3n) is 2.54. The van der Waals surface area contributed by atoms with Crippen LogP contribution in [0, 0.1) is 4.64 Å². The van der Waals surface area contributed by atoms with Crippen LogP contribution < -0.4 is 0 Å². The fourth-order valence-corrected chi connectivity index (χ4v) is 3.72. The standard InChI is InChI=1S/C13H12Br2N2S2/c1-2-9-12(15)13(18)17-11(16-9)7-19-10-6-4-3-5-8(10)14/h3-6H,2,7H2,1H3,(H,16,17,18). The van der Waals surface area contributed by atoms with Crippen LogP contribution in [0.3, 0.4) is 0 Å². The monoisotopic (exact) mass is 418 g/mol. The molecule has 1 N–H and O–H groups in total. The van der Waals surface area contributed by atoms with Crippen molar-refractivity contribution in [1.82, 2.24) is 9.97 Å². The first-order valence-corrected chi connectivity index (χ1v) is 8.74. The van der Waals surface area contributed by atoms with E-state index in [0.717, 1.165) is 32.6 Å². The molecule has 0 atom stereocenters. The highest BCUT2D eigenvalue weighted by atomic mass is 79.9. The Morgan fingerprint density at radius 3 is 2.74 bits per heavy atom. The van der Waals surface area contributed by atoms with Gasteiger partial charge in [0.25, 0.3) is 0 Å². The quantitative estimate of drug-likeness (QED) is 0.522. The van der Waals surface area contributed by atoms with E-state index >= 15 is 0 Å². The van der Waals surface area contributed by atoms with Crippen LogP contribution in [-0.4, -0.2) is 9.97 Å². The molecular formula is C13H12Br2N2S2. The number of benzene rings is 1. The van der Waals surface area contributed by atoms with Crippen LogP contribution in [0.5, 0.6) is 0 Å². The van der Waals surface area contributed by atoms with E-state index in [1.165, 1.54) is 4.90 Å². The van der Waals surface area contributed by atoms with E-state index in [2.05, 4.69) is 54.8 Å². The number of aryl methyl sites for hydroxylation is 1. The Balaban J connectivity index is 2.19. The Labute approximate surface area is 138 Å². The molecule has 0 spiro atoms. The van der Waals surface area contributed by atoms with Gasteiger partial charge in [0.15, 0.2) is 0 Å². The zero-order chi connectivity index (χ0) is 13.8. The zero-order valence-electron chi connectivity index (χ0n) is 10.2. The fraction of sp³-hybridized carbons (Fsp3) is 0.231. The first-order valence-electron chi connectivity index (χ1n) is 5.76. The van der Waals surface area contributed by atoms with Crippen LogP contribution in [-0.2, 0) is 12.2 Å². The van der Waals surface area contributed by atoms with Crippen molar-refractivity contribution >= 4 is 55.8 Å². The minimum absolute atomic E-state index is 0.623. The normalized spacial score (nSPS) is 10.7. The molecular weight excluding hydrogens is 408 g/mol. The molecule has 0 aliphatic rings. The molecule has 0 bridgehead atoms. The van der Waals surface area contributed by atoms with E-state index in [0.29, 0.717) is 4.64 Å². The van der Waals surface area contributed by atoms with Crippen LogP contribution in [0.4, 0.5) is 0 Å². The van der Waals surface area contributed by atoms with E-state index in [9.17, 15) is 0 Å². The number of hydrogen-bond donors (Lipinski definition) is 1. The first-order chi connectivity index (χ1) is 9.11. The van der Waals surface area contributed by atoms with Crippen LogP contribution >= 0.6 is 55.8 Å². The van der Waals surface area contributed by atoms with Crippen molar-refractivity contribution in [2.45, 2.75) is 24.0 Å². The Morgan fingerprint density at radius 2 is 2.05 bits per heavy atom. The second kappa shape index (κ2) is 7.02. The van der Waals surface area contributed by atoms with E-state index in [-0.39, 0.29) is 0 Å². The number of aromatic amines is 1. The lowest BCUT2D eigenvalue weighted by atomic mass is 10.3. The van der Waals surface area contributed by atoms with Gasteiger partial charge in [0, 0.05) is 15.1 Å². The SMILES string of the molecule is CCc1[nH]c(CSc2ccccc2Br)nc(=S)c1Br. The molecule has 19 heavy (non-hydrogen) atoms. The molecule has 2 aromatic rings.